The van der Waals surface area contributed by atoms with Crippen molar-refractivity contribution >= 4 is 17.8 Å². The summed E-state index contributed by atoms with van der Waals surface area (Å²) in [5, 5.41) is 9.33. The van der Waals surface area contributed by atoms with Crippen molar-refractivity contribution in [3.05, 3.63) is 0 Å². The lowest BCUT2D eigenvalue weighted by molar-refractivity contribution is -0.164. The Balaban J connectivity index is 2.22. The van der Waals surface area contributed by atoms with E-state index >= 15 is 0 Å². The molecule has 1 heterocycles. The monoisotopic (exact) mass is 296 g/mol. The zero-order valence-corrected chi connectivity index (χ0v) is 13.0. The highest BCUT2D eigenvalue weighted by atomic mass is 16.4. The van der Waals surface area contributed by atoms with Crippen LogP contribution in [-0.4, -0.2) is 58.4 Å². The van der Waals surface area contributed by atoms with E-state index in [-0.39, 0.29) is 11.8 Å². The van der Waals surface area contributed by atoms with Crippen molar-refractivity contribution in [2.45, 2.75) is 45.1 Å². The van der Waals surface area contributed by atoms with Crippen LogP contribution in [0, 0.1) is 11.8 Å². The van der Waals surface area contributed by atoms with Gasteiger partial charge in [-0.25, -0.2) is 0 Å². The number of hydrogen-bond donors (Lipinski definition) is 1. The number of likely N-dealkylation sites (N-methyl/N-ethyl adjacent to an activating group) is 1. The van der Waals surface area contributed by atoms with Gasteiger partial charge in [0.1, 0.15) is 5.54 Å². The van der Waals surface area contributed by atoms with Crippen molar-refractivity contribution < 1.29 is 19.5 Å². The summed E-state index contributed by atoms with van der Waals surface area (Å²) in [7, 11) is 1.73. The van der Waals surface area contributed by atoms with Crippen LogP contribution in [0.2, 0.25) is 0 Å². The van der Waals surface area contributed by atoms with Gasteiger partial charge in [-0.1, -0.05) is 12.8 Å². The highest BCUT2D eigenvalue weighted by Crippen LogP contribution is 2.34. The molecule has 6 nitrogen and oxygen atoms in total. The van der Waals surface area contributed by atoms with Crippen molar-refractivity contribution in [2.24, 2.45) is 11.8 Å². The summed E-state index contributed by atoms with van der Waals surface area (Å²) in [5.41, 5.74) is -0.898. The van der Waals surface area contributed by atoms with Crippen LogP contribution in [0.25, 0.3) is 0 Å². The van der Waals surface area contributed by atoms with Gasteiger partial charge in [0.2, 0.25) is 11.8 Å². The number of rotatable bonds is 2. The lowest BCUT2D eigenvalue weighted by atomic mass is 9.77. The Bertz CT molecular complexity index is 461. The van der Waals surface area contributed by atoms with Crippen LogP contribution in [0.4, 0.5) is 0 Å². The number of amides is 2. The summed E-state index contributed by atoms with van der Waals surface area (Å²) >= 11 is 0. The molecule has 2 atom stereocenters. The fourth-order valence-electron chi connectivity index (χ4n) is 3.52. The number of nitrogens with zero attached hydrogens (tertiary/aromatic N) is 2. The molecule has 2 rings (SSSR count). The Morgan fingerprint density at radius 2 is 1.71 bits per heavy atom. The van der Waals surface area contributed by atoms with Gasteiger partial charge in [0, 0.05) is 20.1 Å². The molecule has 0 radical (unpaired) electrons. The Labute approximate surface area is 125 Å². The third-order valence-corrected chi connectivity index (χ3v) is 4.87. The second-order valence-electron chi connectivity index (χ2n) is 6.61. The van der Waals surface area contributed by atoms with E-state index in [0.717, 1.165) is 12.8 Å². The molecule has 2 amide bonds. The summed E-state index contributed by atoms with van der Waals surface area (Å²) in [6.45, 7) is 4.44. The summed E-state index contributed by atoms with van der Waals surface area (Å²) in [6, 6.07) is 0. The average Bonchev–Trinajstić information content (AvgIpc) is 2.44. The second kappa shape index (κ2) is 5.66. The molecule has 1 N–H and O–H groups in total. The maximum atomic E-state index is 12.8. The van der Waals surface area contributed by atoms with E-state index in [2.05, 4.69) is 0 Å². The predicted octanol–water partition coefficient (Wildman–Crippen LogP) is 0.957. The van der Waals surface area contributed by atoms with Gasteiger partial charge in [-0.2, -0.15) is 0 Å². The molecule has 0 unspecified atom stereocenters. The largest absolute Gasteiger partial charge is 0.481 e. The van der Waals surface area contributed by atoms with Gasteiger partial charge in [0.25, 0.3) is 0 Å². The molecule has 0 aromatic rings. The fraction of sp³-hybridized carbons (Fsp3) is 0.800. The van der Waals surface area contributed by atoms with E-state index in [1.807, 2.05) is 0 Å². The quantitative estimate of drug-likeness (QED) is 0.823. The Morgan fingerprint density at radius 3 is 2.29 bits per heavy atom. The molecule has 0 spiro atoms. The molecule has 2 aliphatic rings. The minimum Gasteiger partial charge on any atom is -0.481 e. The molecule has 1 saturated heterocycles. The molecule has 1 saturated carbocycles. The zero-order chi connectivity index (χ0) is 15.8. The fourth-order valence-corrected chi connectivity index (χ4v) is 3.52. The van der Waals surface area contributed by atoms with Crippen LogP contribution in [0.5, 0.6) is 0 Å². The number of carbonyl (C=O) groups excluding carboxylic acids is 2. The smallest absolute Gasteiger partial charge is 0.307 e. The lowest BCUT2D eigenvalue weighted by Crippen LogP contribution is -2.65. The number of aliphatic carboxylic acids is 1. The van der Waals surface area contributed by atoms with Gasteiger partial charge >= 0.3 is 5.97 Å². The van der Waals surface area contributed by atoms with Crippen LogP contribution in [-0.2, 0) is 14.4 Å². The third-order valence-electron chi connectivity index (χ3n) is 4.87. The minimum absolute atomic E-state index is 0.0928. The van der Waals surface area contributed by atoms with Crippen molar-refractivity contribution in [1.29, 1.82) is 0 Å². The molecule has 0 bridgehead atoms. The van der Waals surface area contributed by atoms with Crippen molar-refractivity contribution in [1.82, 2.24) is 9.80 Å². The van der Waals surface area contributed by atoms with Crippen LogP contribution in [0.3, 0.4) is 0 Å². The molecule has 0 aromatic carbocycles. The van der Waals surface area contributed by atoms with Crippen LogP contribution in [0.1, 0.15) is 39.5 Å². The first-order valence-electron chi connectivity index (χ1n) is 7.56. The van der Waals surface area contributed by atoms with Gasteiger partial charge < -0.3 is 14.9 Å². The summed E-state index contributed by atoms with van der Waals surface area (Å²) in [5.74, 6) is -2.27. The maximum Gasteiger partial charge on any atom is 0.307 e. The normalized spacial score (nSPS) is 29.4. The van der Waals surface area contributed by atoms with Crippen molar-refractivity contribution in [3.63, 3.8) is 0 Å². The average molecular weight is 296 g/mol. The van der Waals surface area contributed by atoms with E-state index in [9.17, 15) is 19.5 Å². The number of carboxylic acids is 1. The Kier molecular flexibility index (Phi) is 4.25. The van der Waals surface area contributed by atoms with E-state index in [1.165, 1.54) is 0 Å². The first-order valence-corrected chi connectivity index (χ1v) is 7.56. The molecule has 1 aliphatic carbocycles. The van der Waals surface area contributed by atoms with Gasteiger partial charge in [-0.3, -0.25) is 14.4 Å². The summed E-state index contributed by atoms with van der Waals surface area (Å²) < 4.78 is 0. The zero-order valence-electron chi connectivity index (χ0n) is 13.0. The van der Waals surface area contributed by atoms with E-state index in [0.29, 0.717) is 25.9 Å². The summed E-state index contributed by atoms with van der Waals surface area (Å²) in [6.07, 6.45) is 2.88. The number of carbonyl (C=O) groups is 3. The van der Waals surface area contributed by atoms with Crippen LogP contribution < -0.4 is 0 Å². The van der Waals surface area contributed by atoms with E-state index in [1.54, 1.807) is 30.7 Å². The molecule has 21 heavy (non-hydrogen) atoms. The number of hydrogen-bond acceptors (Lipinski definition) is 3. The summed E-state index contributed by atoms with van der Waals surface area (Å²) in [4.78, 5) is 39.7. The van der Waals surface area contributed by atoms with Crippen LogP contribution in [0.15, 0.2) is 0 Å². The number of carboxylic acid groups (broad SMARTS) is 1. The molecular weight excluding hydrogens is 272 g/mol. The first-order chi connectivity index (χ1) is 9.76. The maximum absolute atomic E-state index is 12.8. The third kappa shape index (κ3) is 2.76. The molecular formula is C15H24N2O4. The molecule has 6 heteroatoms. The van der Waals surface area contributed by atoms with E-state index in [4.69, 9.17) is 0 Å². The standard InChI is InChI=1S/C15H24N2O4/c1-15(2)14(21)16(3)8-9-17(15)12(18)10-6-4-5-7-11(10)13(19)20/h10-11H,4-9H2,1-3H3,(H,19,20)/t10-,11+/m1/s1. The van der Waals surface area contributed by atoms with Gasteiger partial charge in [-0.15, -0.1) is 0 Å². The lowest BCUT2D eigenvalue weighted by Gasteiger charge is -2.46. The Morgan fingerprint density at radius 1 is 1.14 bits per heavy atom. The van der Waals surface area contributed by atoms with Gasteiger partial charge in [0.05, 0.1) is 11.8 Å². The van der Waals surface area contributed by atoms with E-state index < -0.39 is 23.3 Å². The van der Waals surface area contributed by atoms with Crippen molar-refractivity contribution in [2.75, 3.05) is 20.1 Å². The van der Waals surface area contributed by atoms with Gasteiger partial charge in [0.15, 0.2) is 0 Å². The highest BCUT2D eigenvalue weighted by molar-refractivity contribution is 5.93. The predicted molar refractivity (Wildman–Crippen MR) is 76.5 cm³/mol. The second-order valence-corrected chi connectivity index (χ2v) is 6.61. The first kappa shape index (κ1) is 15.8. The SMILES string of the molecule is CN1CCN(C(=O)[C@@H]2CCCC[C@@H]2C(=O)O)C(C)(C)C1=O. The molecule has 1 aliphatic heterocycles. The Hall–Kier alpha value is -1.59. The topological polar surface area (TPSA) is 77.9 Å². The van der Waals surface area contributed by atoms with Crippen LogP contribution >= 0.6 is 0 Å². The van der Waals surface area contributed by atoms with Gasteiger partial charge in [-0.05, 0) is 26.7 Å². The molecule has 0 aromatic heterocycles. The minimum atomic E-state index is -0.898. The highest BCUT2D eigenvalue weighted by Gasteiger charge is 2.47. The molecule has 118 valence electrons. The number of piperazine rings is 1. The van der Waals surface area contributed by atoms with Crippen molar-refractivity contribution in [3.8, 4) is 0 Å². The molecule has 2 fully saturated rings.